The quantitative estimate of drug-likeness (QED) is 0.776. The van der Waals surface area contributed by atoms with Crippen molar-refractivity contribution in [1.29, 1.82) is 0 Å². The van der Waals surface area contributed by atoms with E-state index in [1.54, 1.807) is 11.3 Å². The number of amides is 4. The van der Waals surface area contributed by atoms with Crippen LogP contribution in [-0.2, 0) is 21.5 Å². The average Bonchev–Trinajstić information content (AvgIpc) is 3.54. The summed E-state index contributed by atoms with van der Waals surface area (Å²) in [7, 11) is 0. The van der Waals surface area contributed by atoms with Crippen LogP contribution in [0.5, 0.6) is 0 Å². The number of hydrogen-bond donors (Lipinski definition) is 2. The second kappa shape index (κ2) is 5.81. The molecular formula is C19H23N3O3S. The van der Waals surface area contributed by atoms with E-state index >= 15 is 0 Å². The maximum atomic E-state index is 13.1. The minimum Gasteiger partial charge on any atom is -0.351 e. The van der Waals surface area contributed by atoms with Crippen molar-refractivity contribution < 1.29 is 14.4 Å². The molecule has 2 saturated carbocycles. The lowest BCUT2D eigenvalue weighted by molar-refractivity contribution is -0.136. The zero-order valence-electron chi connectivity index (χ0n) is 14.6. The largest absolute Gasteiger partial charge is 0.351 e. The molecule has 2 heterocycles. The monoisotopic (exact) mass is 373 g/mol. The number of aryl methyl sites for hydroxylation is 1. The Balaban J connectivity index is 1.32. The lowest BCUT2D eigenvalue weighted by atomic mass is 9.80. The third kappa shape index (κ3) is 2.55. The number of carbonyl (C=O) groups excluding carboxylic acids is 3. The smallest absolute Gasteiger partial charge is 0.325 e. The van der Waals surface area contributed by atoms with Crippen LogP contribution in [0.4, 0.5) is 4.79 Å². The number of nitrogens with zero attached hydrogens (tertiary/aromatic N) is 1. The van der Waals surface area contributed by atoms with Crippen molar-refractivity contribution in [3.8, 4) is 0 Å². The van der Waals surface area contributed by atoms with Crippen molar-refractivity contribution in [2.75, 3.05) is 6.54 Å². The molecule has 4 aliphatic rings. The van der Waals surface area contributed by atoms with E-state index in [2.05, 4.69) is 10.6 Å². The zero-order valence-corrected chi connectivity index (χ0v) is 15.4. The fraction of sp³-hybridized carbons (Fsp3) is 0.632. The van der Waals surface area contributed by atoms with Crippen LogP contribution in [0.15, 0.2) is 11.4 Å². The summed E-state index contributed by atoms with van der Waals surface area (Å²) in [6.45, 7) is -0.179. The average molecular weight is 373 g/mol. The fourth-order valence-electron chi connectivity index (χ4n) is 4.59. The molecule has 0 aromatic carbocycles. The molecule has 3 aliphatic carbocycles. The normalized spacial score (nSPS) is 27.8. The molecule has 0 radical (unpaired) electrons. The standard InChI is InChI=1S/C19H23N3O3S/c23-15(20-16(11-3-4-11)12-5-6-12)10-22-17(24)19(21-18(22)25)8-1-2-14-13(19)7-9-26-14/h7,9,11-12,16H,1-6,8,10H2,(H,20,23)(H,21,25)/t19-/m0/s1. The van der Waals surface area contributed by atoms with Crippen molar-refractivity contribution in [1.82, 2.24) is 15.5 Å². The van der Waals surface area contributed by atoms with Gasteiger partial charge in [-0.05, 0) is 68.2 Å². The highest BCUT2D eigenvalue weighted by molar-refractivity contribution is 7.10. The van der Waals surface area contributed by atoms with Crippen LogP contribution >= 0.6 is 11.3 Å². The van der Waals surface area contributed by atoms with Crippen LogP contribution in [0.3, 0.4) is 0 Å². The van der Waals surface area contributed by atoms with Gasteiger partial charge in [0.2, 0.25) is 5.91 Å². The van der Waals surface area contributed by atoms with E-state index in [4.69, 9.17) is 0 Å². The fourth-order valence-corrected chi connectivity index (χ4v) is 5.59. The maximum absolute atomic E-state index is 13.1. The number of fused-ring (bicyclic) bond motifs is 2. The molecule has 0 bridgehead atoms. The Morgan fingerprint density at radius 2 is 2.04 bits per heavy atom. The molecule has 0 unspecified atom stereocenters. The summed E-state index contributed by atoms with van der Waals surface area (Å²) >= 11 is 1.63. The zero-order chi connectivity index (χ0) is 17.9. The molecular weight excluding hydrogens is 350 g/mol. The summed E-state index contributed by atoms with van der Waals surface area (Å²) in [6.07, 6.45) is 7.12. The van der Waals surface area contributed by atoms with Gasteiger partial charge in [-0.3, -0.25) is 14.5 Å². The van der Waals surface area contributed by atoms with Crippen LogP contribution in [0.1, 0.15) is 49.0 Å². The number of imide groups is 1. The third-order valence-corrected chi connectivity index (χ3v) is 7.21. The molecule has 3 fully saturated rings. The van der Waals surface area contributed by atoms with Crippen LogP contribution in [0, 0.1) is 11.8 Å². The second-order valence-electron chi connectivity index (χ2n) is 8.11. The maximum Gasteiger partial charge on any atom is 0.325 e. The van der Waals surface area contributed by atoms with Gasteiger partial charge in [0.1, 0.15) is 12.1 Å². The highest BCUT2D eigenvalue weighted by atomic mass is 32.1. The van der Waals surface area contributed by atoms with Gasteiger partial charge in [0, 0.05) is 16.5 Å². The number of carbonyl (C=O) groups is 3. The van der Waals surface area contributed by atoms with Gasteiger partial charge in [-0.15, -0.1) is 11.3 Å². The Bertz CT molecular complexity index is 771. The third-order valence-electron chi connectivity index (χ3n) is 6.23. The van der Waals surface area contributed by atoms with Crippen molar-refractivity contribution in [2.24, 2.45) is 11.8 Å². The number of urea groups is 1. The number of hydrogen-bond acceptors (Lipinski definition) is 4. The SMILES string of the molecule is O=C(CN1C(=O)N[C@]2(CCCc3sccc32)C1=O)NC(C1CC1)C1CC1. The van der Waals surface area contributed by atoms with E-state index in [0.717, 1.165) is 23.3 Å². The highest BCUT2D eigenvalue weighted by Gasteiger charge is 2.54. The van der Waals surface area contributed by atoms with E-state index in [-0.39, 0.29) is 24.4 Å². The Hall–Kier alpha value is -1.89. The Kier molecular flexibility index (Phi) is 3.64. The first-order valence-electron chi connectivity index (χ1n) is 9.59. The summed E-state index contributed by atoms with van der Waals surface area (Å²) in [5.41, 5.74) is -0.0408. The minimum absolute atomic E-state index is 0.179. The number of thiophene rings is 1. The molecule has 7 heteroatoms. The van der Waals surface area contributed by atoms with E-state index in [0.29, 0.717) is 18.3 Å². The lowest BCUT2D eigenvalue weighted by Gasteiger charge is -2.31. The molecule has 26 heavy (non-hydrogen) atoms. The van der Waals surface area contributed by atoms with Gasteiger partial charge in [0.05, 0.1) is 0 Å². The first-order chi connectivity index (χ1) is 12.6. The van der Waals surface area contributed by atoms with E-state index in [1.807, 2.05) is 11.4 Å². The van der Waals surface area contributed by atoms with Gasteiger partial charge in [-0.25, -0.2) is 4.79 Å². The lowest BCUT2D eigenvalue weighted by Crippen LogP contribution is -2.48. The summed E-state index contributed by atoms with van der Waals surface area (Å²) < 4.78 is 0. The van der Waals surface area contributed by atoms with Gasteiger partial charge in [0.25, 0.3) is 5.91 Å². The van der Waals surface area contributed by atoms with Crippen molar-refractivity contribution in [3.63, 3.8) is 0 Å². The molecule has 1 aromatic rings. The minimum atomic E-state index is -0.961. The predicted octanol–water partition coefficient (Wildman–Crippen LogP) is 2.14. The molecule has 6 nitrogen and oxygen atoms in total. The summed E-state index contributed by atoms with van der Waals surface area (Å²) in [6, 6.07) is 1.73. The molecule has 1 aromatic heterocycles. The van der Waals surface area contributed by atoms with Gasteiger partial charge in [-0.1, -0.05) is 0 Å². The Morgan fingerprint density at radius 3 is 2.73 bits per heavy atom. The first kappa shape index (κ1) is 16.3. The molecule has 1 spiro atoms. The van der Waals surface area contributed by atoms with Crippen molar-refractivity contribution in [2.45, 2.75) is 56.5 Å². The topological polar surface area (TPSA) is 78.5 Å². The molecule has 1 aliphatic heterocycles. The van der Waals surface area contributed by atoms with E-state index in [9.17, 15) is 14.4 Å². The van der Waals surface area contributed by atoms with Crippen molar-refractivity contribution in [3.05, 3.63) is 21.9 Å². The van der Waals surface area contributed by atoms with Gasteiger partial charge in [-0.2, -0.15) is 0 Å². The van der Waals surface area contributed by atoms with Crippen LogP contribution in [0.25, 0.3) is 0 Å². The van der Waals surface area contributed by atoms with Crippen LogP contribution in [0.2, 0.25) is 0 Å². The highest BCUT2D eigenvalue weighted by Crippen LogP contribution is 2.45. The molecule has 1 atom stereocenters. The van der Waals surface area contributed by atoms with Crippen molar-refractivity contribution >= 4 is 29.2 Å². The molecule has 4 amide bonds. The van der Waals surface area contributed by atoms with Gasteiger partial charge < -0.3 is 10.6 Å². The predicted molar refractivity (Wildman–Crippen MR) is 96.6 cm³/mol. The molecule has 5 rings (SSSR count). The van der Waals surface area contributed by atoms with Crippen LogP contribution < -0.4 is 10.6 Å². The Labute approximate surface area is 156 Å². The Morgan fingerprint density at radius 1 is 1.31 bits per heavy atom. The van der Waals surface area contributed by atoms with Crippen LogP contribution in [-0.4, -0.2) is 35.3 Å². The molecule has 138 valence electrons. The molecule has 1 saturated heterocycles. The first-order valence-corrected chi connectivity index (χ1v) is 10.5. The number of rotatable bonds is 5. The summed E-state index contributed by atoms with van der Waals surface area (Å²) in [4.78, 5) is 40.5. The van der Waals surface area contributed by atoms with E-state index < -0.39 is 11.6 Å². The van der Waals surface area contributed by atoms with Gasteiger partial charge in [0.15, 0.2) is 0 Å². The van der Waals surface area contributed by atoms with E-state index in [1.165, 1.54) is 30.6 Å². The summed E-state index contributed by atoms with van der Waals surface area (Å²) in [5, 5.41) is 7.98. The number of nitrogens with one attached hydrogen (secondary N) is 2. The second-order valence-corrected chi connectivity index (χ2v) is 9.11. The van der Waals surface area contributed by atoms with Gasteiger partial charge >= 0.3 is 6.03 Å². The summed E-state index contributed by atoms with van der Waals surface area (Å²) in [5.74, 6) is 0.697. The molecule has 2 N–H and O–H groups in total.